The van der Waals surface area contributed by atoms with Crippen molar-refractivity contribution in [2.45, 2.75) is 13.8 Å². The van der Waals surface area contributed by atoms with Gasteiger partial charge in [-0.25, -0.2) is 0 Å². The number of aryl methyl sites for hydroxylation is 2. The van der Waals surface area contributed by atoms with Crippen molar-refractivity contribution in [3.63, 3.8) is 0 Å². The van der Waals surface area contributed by atoms with Gasteiger partial charge in [-0.15, -0.1) is 0 Å². The molecule has 3 aromatic rings. The molecule has 0 aliphatic rings. The van der Waals surface area contributed by atoms with E-state index in [1.807, 2.05) is 55.5 Å². The molecule has 0 aliphatic carbocycles. The van der Waals surface area contributed by atoms with Crippen LogP contribution < -0.4 is 15.8 Å². The fourth-order valence-corrected chi connectivity index (χ4v) is 4.70. The van der Waals surface area contributed by atoms with Gasteiger partial charge in [0.1, 0.15) is 0 Å². The Morgan fingerprint density at radius 2 is 1.70 bits per heavy atom. The van der Waals surface area contributed by atoms with Crippen molar-refractivity contribution in [3.05, 3.63) is 71.0 Å². The first-order valence-electron chi connectivity index (χ1n) is 8.27. The normalized spacial score (nSPS) is 11.0. The van der Waals surface area contributed by atoms with Crippen LogP contribution in [-0.2, 0) is 0 Å². The monoisotopic (exact) mass is 422 g/mol. The van der Waals surface area contributed by atoms with Gasteiger partial charge in [-0.05, 0) is 0 Å². The van der Waals surface area contributed by atoms with Crippen molar-refractivity contribution in [1.29, 1.82) is 0 Å². The van der Waals surface area contributed by atoms with E-state index in [0.29, 0.717) is 11.4 Å². The molecule has 0 saturated heterocycles. The van der Waals surface area contributed by atoms with Crippen LogP contribution in [-0.4, -0.2) is 36.2 Å². The molecular weight excluding hydrogens is 403 g/mol. The van der Waals surface area contributed by atoms with E-state index in [9.17, 15) is 9.59 Å². The zero-order chi connectivity index (χ0) is 19.6. The van der Waals surface area contributed by atoms with Crippen LogP contribution in [0.3, 0.4) is 0 Å². The Hall–Kier alpha value is -2.98. The first kappa shape index (κ1) is 18.8. The van der Waals surface area contributed by atoms with E-state index in [1.165, 1.54) is 0 Å². The predicted molar refractivity (Wildman–Crippen MR) is 107 cm³/mol. The molecule has 0 spiro atoms. The SMILES string of the molecule is Cc1ccc(C(=O)[AsH]c2cccc(-c3nc(C(N)=O)c(N)nc3C)c2)cc1. The van der Waals surface area contributed by atoms with Gasteiger partial charge in [-0.3, -0.25) is 0 Å². The fraction of sp³-hybridized carbons (Fsp3) is 0.100. The summed E-state index contributed by atoms with van der Waals surface area (Å²) in [6.45, 7) is 3.76. The number of hydrogen-bond acceptors (Lipinski definition) is 5. The average molecular weight is 422 g/mol. The van der Waals surface area contributed by atoms with Gasteiger partial charge in [0.2, 0.25) is 0 Å². The second kappa shape index (κ2) is 7.72. The summed E-state index contributed by atoms with van der Waals surface area (Å²) in [4.78, 5) is 32.6. The molecule has 3 rings (SSSR count). The quantitative estimate of drug-likeness (QED) is 0.603. The topological polar surface area (TPSA) is 112 Å². The molecule has 0 radical (unpaired) electrons. The molecule has 0 aliphatic heterocycles. The number of benzene rings is 2. The number of rotatable bonds is 5. The van der Waals surface area contributed by atoms with Crippen LogP contribution in [0.1, 0.15) is 32.1 Å². The molecule has 1 heterocycles. The van der Waals surface area contributed by atoms with Crippen LogP contribution in [0.15, 0.2) is 48.5 Å². The summed E-state index contributed by atoms with van der Waals surface area (Å²) >= 11 is -1.03. The number of carbonyl (C=O) groups excluding carboxylic acids is 2. The fourth-order valence-electron chi connectivity index (χ4n) is 2.64. The van der Waals surface area contributed by atoms with E-state index in [2.05, 4.69) is 9.97 Å². The Labute approximate surface area is 163 Å². The molecule has 1 amide bonds. The second-order valence-corrected chi connectivity index (χ2v) is 8.85. The van der Waals surface area contributed by atoms with Crippen molar-refractivity contribution < 1.29 is 9.59 Å². The number of anilines is 1. The summed E-state index contributed by atoms with van der Waals surface area (Å²) in [7, 11) is 0. The summed E-state index contributed by atoms with van der Waals surface area (Å²) in [5.74, 6) is -0.705. The number of amides is 1. The van der Waals surface area contributed by atoms with Crippen molar-refractivity contribution in [1.82, 2.24) is 9.97 Å². The number of hydrogen-bond donors (Lipinski definition) is 2. The molecule has 0 bridgehead atoms. The van der Waals surface area contributed by atoms with E-state index in [0.717, 1.165) is 21.0 Å². The van der Waals surface area contributed by atoms with Crippen molar-refractivity contribution in [2.75, 3.05) is 5.73 Å². The molecule has 136 valence electrons. The minimum atomic E-state index is -1.03. The first-order valence-corrected chi connectivity index (χ1v) is 10.4. The molecule has 7 heteroatoms. The van der Waals surface area contributed by atoms with Crippen LogP contribution in [0.2, 0.25) is 0 Å². The maximum atomic E-state index is 12.6. The Morgan fingerprint density at radius 3 is 2.37 bits per heavy atom. The van der Waals surface area contributed by atoms with Gasteiger partial charge in [0.25, 0.3) is 0 Å². The Kier molecular flexibility index (Phi) is 5.38. The van der Waals surface area contributed by atoms with Gasteiger partial charge in [-0.1, -0.05) is 0 Å². The van der Waals surface area contributed by atoms with Gasteiger partial charge in [0.15, 0.2) is 0 Å². The van der Waals surface area contributed by atoms with Gasteiger partial charge in [0.05, 0.1) is 0 Å². The number of carbonyl (C=O) groups is 2. The summed E-state index contributed by atoms with van der Waals surface area (Å²) in [5, 5.41) is 0. The summed E-state index contributed by atoms with van der Waals surface area (Å²) < 4.78 is 1.13. The minimum absolute atomic E-state index is 0.0166. The number of primary amides is 1. The molecule has 0 saturated carbocycles. The molecular formula is C20H19AsN4O2. The first-order chi connectivity index (χ1) is 12.8. The molecule has 1 atom stereocenters. The summed E-state index contributed by atoms with van der Waals surface area (Å²) in [6.07, 6.45) is 0. The number of nitrogen functional groups attached to an aromatic ring is 1. The maximum absolute atomic E-state index is 12.6. The van der Waals surface area contributed by atoms with E-state index in [4.69, 9.17) is 11.5 Å². The molecule has 4 N–H and O–H groups in total. The molecule has 27 heavy (non-hydrogen) atoms. The van der Waals surface area contributed by atoms with Gasteiger partial charge in [-0.2, -0.15) is 0 Å². The molecule has 0 fully saturated rings. The third-order valence-corrected chi connectivity index (χ3v) is 6.38. The third-order valence-electron chi connectivity index (χ3n) is 4.04. The van der Waals surface area contributed by atoms with E-state index in [-0.39, 0.29) is 16.1 Å². The standard InChI is InChI=1S/C20H19AsN4O2/c1-11-6-8-13(9-7-11)18(26)21-15-5-3-4-14(10-15)16-12(2)24-19(22)17(25-16)20(23)27/h3-10,21H,1-2H3,(H2,22,24)(H2,23,27). The van der Waals surface area contributed by atoms with Crippen molar-refractivity contribution in [2.24, 2.45) is 5.73 Å². The number of nitrogens with two attached hydrogens (primary N) is 2. The Morgan fingerprint density at radius 1 is 1.00 bits per heavy atom. The second-order valence-electron chi connectivity index (χ2n) is 6.16. The van der Waals surface area contributed by atoms with Crippen LogP contribution in [0.5, 0.6) is 0 Å². The summed E-state index contributed by atoms with van der Waals surface area (Å²) in [6, 6.07) is 15.2. The third kappa shape index (κ3) is 4.23. The zero-order valence-electron chi connectivity index (χ0n) is 15.0. The Bertz CT molecular complexity index is 1030. The molecule has 1 aromatic heterocycles. The van der Waals surface area contributed by atoms with Gasteiger partial charge in [0, 0.05) is 0 Å². The van der Waals surface area contributed by atoms with Crippen LogP contribution in [0.25, 0.3) is 11.3 Å². The van der Waals surface area contributed by atoms with Crippen molar-refractivity contribution >= 4 is 36.4 Å². The molecule has 2 aromatic carbocycles. The van der Waals surface area contributed by atoms with Gasteiger partial charge < -0.3 is 0 Å². The van der Waals surface area contributed by atoms with Crippen molar-refractivity contribution in [3.8, 4) is 11.3 Å². The average Bonchev–Trinajstić information content (AvgIpc) is 2.62. The van der Waals surface area contributed by atoms with E-state index >= 15 is 0 Å². The predicted octanol–water partition coefficient (Wildman–Crippen LogP) is 1.34. The molecule has 1 unspecified atom stereocenters. The zero-order valence-corrected chi connectivity index (χ0v) is 17.1. The molecule has 6 nitrogen and oxygen atoms in total. The van der Waals surface area contributed by atoms with Crippen LogP contribution in [0.4, 0.5) is 5.82 Å². The Balaban J connectivity index is 1.92. The van der Waals surface area contributed by atoms with Gasteiger partial charge >= 0.3 is 164 Å². The number of aromatic nitrogens is 2. The van der Waals surface area contributed by atoms with E-state index in [1.54, 1.807) is 6.92 Å². The van der Waals surface area contributed by atoms with E-state index < -0.39 is 21.7 Å². The van der Waals surface area contributed by atoms with Crippen LogP contribution in [0, 0.1) is 13.8 Å². The van der Waals surface area contributed by atoms with Crippen LogP contribution >= 0.6 is 0 Å². The summed E-state index contributed by atoms with van der Waals surface area (Å²) in [5.41, 5.74) is 14.8. The number of nitrogens with zero attached hydrogens (tertiary/aromatic N) is 2.